The van der Waals surface area contributed by atoms with Crippen LogP contribution in [0, 0.1) is 5.92 Å². The summed E-state index contributed by atoms with van der Waals surface area (Å²) in [5.41, 5.74) is -0.207. The van der Waals surface area contributed by atoms with Crippen molar-refractivity contribution in [1.29, 1.82) is 0 Å². The highest BCUT2D eigenvalue weighted by molar-refractivity contribution is 5.82. The van der Waals surface area contributed by atoms with Crippen LogP contribution < -0.4 is 16.0 Å². The highest BCUT2D eigenvalue weighted by atomic mass is 16.6. The van der Waals surface area contributed by atoms with Gasteiger partial charge in [-0.1, -0.05) is 31.3 Å². The lowest BCUT2D eigenvalue weighted by atomic mass is 10.1. The Kier molecular flexibility index (Phi) is 6.70. The average molecular weight is 430 g/mol. The van der Waals surface area contributed by atoms with Gasteiger partial charge >= 0.3 is 11.6 Å². The SMILES string of the molecule is CCC/C(=N\Oc1nc2oc(=O)cc(CCCC3CC3)c2c(=O)[nH]1)N1CCN(C)CC1. The standard InChI is InChI=1S/C22H31N5O4/c1-3-5-17(27-12-10-26(2)11-13-27)25-31-22-23-20(29)19-16(7-4-6-15-8-9-15)14-18(28)30-21(19)24-22/h14-15H,3-13H2,1-2H3,(H,23,24,29)/b25-17+. The van der Waals surface area contributed by atoms with Crippen molar-refractivity contribution in [2.24, 2.45) is 11.1 Å². The maximum absolute atomic E-state index is 12.7. The van der Waals surface area contributed by atoms with E-state index >= 15 is 0 Å². The summed E-state index contributed by atoms with van der Waals surface area (Å²) in [4.78, 5) is 41.6. The topological polar surface area (TPSA) is 104 Å². The van der Waals surface area contributed by atoms with E-state index in [1.807, 2.05) is 0 Å². The fourth-order valence-electron chi connectivity index (χ4n) is 4.00. The highest BCUT2D eigenvalue weighted by Crippen LogP contribution is 2.34. The number of nitrogens with one attached hydrogen (secondary N) is 1. The predicted molar refractivity (Wildman–Crippen MR) is 119 cm³/mol. The molecule has 2 aromatic rings. The van der Waals surface area contributed by atoms with Gasteiger partial charge in [0, 0.05) is 38.7 Å². The third kappa shape index (κ3) is 5.52. The predicted octanol–water partition coefficient (Wildman–Crippen LogP) is 2.35. The largest absolute Gasteiger partial charge is 0.403 e. The van der Waals surface area contributed by atoms with E-state index in [4.69, 9.17) is 9.25 Å². The van der Waals surface area contributed by atoms with Gasteiger partial charge in [0.15, 0.2) is 0 Å². The maximum atomic E-state index is 12.7. The molecule has 2 aromatic heterocycles. The molecule has 0 unspecified atom stereocenters. The quantitative estimate of drug-likeness (QED) is 0.390. The van der Waals surface area contributed by atoms with Crippen LogP contribution in [0.1, 0.15) is 51.0 Å². The number of likely N-dealkylation sites (N-methyl/N-ethyl adjacent to an activating group) is 1. The Balaban J connectivity index is 1.55. The minimum atomic E-state index is -0.509. The zero-order valence-electron chi connectivity index (χ0n) is 18.4. The monoisotopic (exact) mass is 429 g/mol. The van der Waals surface area contributed by atoms with Crippen LogP contribution in [0.4, 0.5) is 0 Å². The summed E-state index contributed by atoms with van der Waals surface area (Å²) in [6.45, 7) is 5.75. The van der Waals surface area contributed by atoms with Gasteiger partial charge in [0.2, 0.25) is 5.71 Å². The molecular formula is C22H31N5O4. The van der Waals surface area contributed by atoms with Crippen LogP contribution in [-0.2, 0) is 6.42 Å². The molecular weight excluding hydrogens is 398 g/mol. The second-order valence-electron chi connectivity index (χ2n) is 8.62. The van der Waals surface area contributed by atoms with Gasteiger partial charge in [-0.15, -0.1) is 0 Å². The third-order valence-corrected chi connectivity index (χ3v) is 6.01. The van der Waals surface area contributed by atoms with E-state index < -0.39 is 5.63 Å². The molecule has 3 heterocycles. The molecule has 31 heavy (non-hydrogen) atoms. The number of H-pyrrole nitrogens is 1. The first-order chi connectivity index (χ1) is 15.0. The number of piperazine rings is 1. The molecule has 1 saturated heterocycles. The van der Waals surface area contributed by atoms with Gasteiger partial charge in [0.25, 0.3) is 5.56 Å². The van der Waals surface area contributed by atoms with E-state index in [1.54, 1.807) is 0 Å². The molecule has 0 radical (unpaired) electrons. The highest BCUT2D eigenvalue weighted by Gasteiger charge is 2.21. The summed E-state index contributed by atoms with van der Waals surface area (Å²) in [6.07, 6.45) is 6.99. The molecule has 0 bridgehead atoms. The van der Waals surface area contributed by atoms with E-state index in [-0.39, 0.29) is 17.3 Å². The lowest BCUT2D eigenvalue weighted by Gasteiger charge is -2.34. The van der Waals surface area contributed by atoms with Crippen molar-refractivity contribution < 1.29 is 9.25 Å². The van der Waals surface area contributed by atoms with Crippen LogP contribution in [0.15, 0.2) is 25.2 Å². The molecule has 9 nitrogen and oxygen atoms in total. The van der Waals surface area contributed by atoms with E-state index in [0.29, 0.717) is 17.4 Å². The van der Waals surface area contributed by atoms with Crippen LogP contribution in [0.2, 0.25) is 0 Å². The van der Waals surface area contributed by atoms with Crippen molar-refractivity contribution >= 4 is 16.9 Å². The molecule has 2 aliphatic rings. The van der Waals surface area contributed by atoms with Gasteiger partial charge in [-0.25, -0.2) is 4.79 Å². The molecule has 9 heteroatoms. The second kappa shape index (κ2) is 9.64. The van der Waals surface area contributed by atoms with Gasteiger partial charge in [-0.2, -0.15) is 4.98 Å². The van der Waals surface area contributed by atoms with Gasteiger partial charge in [-0.3, -0.25) is 9.78 Å². The lowest BCUT2D eigenvalue weighted by Crippen LogP contribution is -2.47. The number of nitrogens with zero attached hydrogens (tertiary/aromatic N) is 4. The normalized spacial score (nSPS) is 18.0. The minimum Gasteiger partial charge on any atom is -0.403 e. The Bertz CT molecular complexity index is 1050. The molecule has 4 rings (SSSR count). The molecule has 168 valence electrons. The number of aromatic amines is 1. The minimum absolute atomic E-state index is 0.000453. The summed E-state index contributed by atoms with van der Waals surface area (Å²) in [6, 6.07) is 1.33. The summed E-state index contributed by atoms with van der Waals surface area (Å²) < 4.78 is 5.21. The number of aromatic nitrogens is 2. The van der Waals surface area contributed by atoms with Gasteiger partial charge in [-0.05, 0) is 37.8 Å². The second-order valence-corrected chi connectivity index (χ2v) is 8.62. The molecule has 1 aliphatic heterocycles. The van der Waals surface area contributed by atoms with Crippen LogP contribution >= 0.6 is 0 Å². The van der Waals surface area contributed by atoms with E-state index in [1.165, 1.54) is 18.9 Å². The van der Waals surface area contributed by atoms with Crippen molar-refractivity contribution in [3.8, 4) is 6.01 Å². The first-order valence-corrected chi connectivity index (χ1v) is 11.3. The molecule has 0 aromatic carbocycles. The van der Waals surface area contributed by atoms with Gasteiger partial charge < -0.3 is 19.1 Å². The fraction of sp³-hybridized carbons (Fsp3) is 0.636. The van der Waals surface area contributed by atoms with E-state index in [2.05, 4.69) is 38.9 Å². The van der Waals surface area contributed by atoms with E-state index in [0.717, 1.165) is 63.6 Å². The molecule has 0 atom stereocenters. The molecule has 2 fully saturated rings. The number of oxime groups is 1. The van der Waals surface area contributed by atoms with Crippen molar-refractivity contribution in [3.63, 3.8) is 0 Å². The number of amidine groups is 1. The Morgan fingerprint density at radius 2 is 2.06 bits per heavy atom. The molecule has 1 N–H and O–H groups in total. The first-order valence-electron chi connectivity index (χ1n) is 11.3. The molecule has 1 aliphatic carbocycles. The van der Waals surface area contributed by atoms with Gasteiger partial charge in [0.1, 0.15) is 11.2 Å². The van der Waals surface area contributed by atoms with Crippen LogP contribution in [-0.4, -0.2) is 58.8 Å². The number of hydrogen-bond donors (Lipinski definition) is 1. The Labute approximate surface area is 181 Å². The first kappa shape index (κ1) is 21.5. The fourth-order valence-corrected chi connectivity index (χ4v) is 4.00. The van der Waals surface area contributed by atoms with E-state index in [9.17, 15) is 9.59 Å². The smallest absolute Gasteiger partial charge is 0.337 e. The van der Waals surface area contributed by atoms with Crippen molar-refractivity contribution in [1.82, 2.24) is 19.8 Å². The Hall–Kier alpha value is -2.68. The number of aryl methyl sites for hydroxylation is 1. The molecule has 0 amide bonds. The third-order valence-electron chi connectivity index (χ3n) is 6.01. The van der Waals surface area contributed by atoms with Crippen LogP contribution in [0.25, 0.3) is 11.1 Å². The summed E-state index contributed by atoms with van der Waals surface area (Å²) in [5.74, 6) is 1.63. The summed E-state index contributed by atoms with van der Waals surface area (Å²) in [7, 11) is 2.10. The number of hydrogen-bond acceptors (Lipinski definition) is 7. The number of fused-ring (bicyclic) bond motifs is 1. The Morgan fingerprint density at radius 1 is 1.29 bits per heavy atom. The summed E-state index contributed by atoms with van der Waals surface area (Å²) >= 11 is 0. The van der Waals surface area contributed by atoms with Gasteiger partial charge in [0.05, 0.1) is 0 Å². The van der Waals surface area contributed by atoms with Crippen molar-refractivity contribution in [2.45, 2.75) is 51.9 Å². The number of rotatable bonds is 8. The van der Waals surface area contributed by atoms with Crippen molar-refractivity contribution in [2.75, 3.05) is 33.2 Å². The molecule has 0 spiro atoms. The average Bonchev–Trinajstić information content (AvgIpc) is 3.55. The zero-order chi connectivity index (χ0) is 21.8. The van der Waals surface area contributed by atoms with Crippen molar-refractivity contribution in [3.05, 3.63) is 32.4 Å². The van der Waals surface area contributed by atoms with Crippen LogP contribution in [0.3, 0.4) is 0 Å². The van der Waals surface area contributed by atoms with Crippen LogP contribution in [0.5, 0.6) is 6.01 Å². The molecule has 1 saturated carbocycles. The maximum Gasteiger partial charge on any atom is 0.337 e. The lowest BCUT2D eigenvalue weighted by molar-refractivity contribution is 0.205. The Morgan fingerprint density at radius 3 is 2.77 bits per heavy atom. The summed E-state index contributed by atoms with van der Waals surface area (Å²) in [5, 5.41) is 4.59. The zero-order valence-corrected chi connectivity index (χ0v) is 18.4.